The number of hydrogen-bond acceptors (Lipinski definition) is 3. The van der Waals surface area contributed by atoms with Gasteiger partial charge in [0.05, 0.1) is 7.11 Å². The van der Waals surface area contributed by atoms with Gasteiger partial charge in [-0.15, -0.1) is 0 Å². The molecule has 0 saturated carbocycles. The van der Waals surface area contributed by atoms with E-state index >= 15 is 0 Å². The zero-order valence-corrected chi connectivity index (χ0v) is 12.4. The number of aryl methyl sites for hydroxylation is 1. The Morgan fingerprint density at radius 3 is 2.70 bits per heavy atom. The van der Waals surface area contributed by atoms with Crippen LogP contribution in [0.2, 0.25) is 5.02 Å². The summed E-state index contributed by atoms with van der Waals surface area (Å²) >= 11 is 6.00. The van der Waals surface area contributed by atoms with Gasteiger partial charge in [-0.05, 0) is 49.9 Å². The van der Waals surface area contributed by atoms with Gasteiger partial charge in [0.1, 0.15) is 6.04 Å². The lowest BCUT2D eigenvalue weighted by Crippen LogP contribution is -2.48. The SMILES string of the molecule is COC(=O)[C@H]1CCCCN1C(=O)c1cc(C)cc(Cl)c1. The summed E-state index contributed by atoms with van der Waals surface area (Å²) in [6.07, 6.45) is 2.48. The molecule has 108 valence electrons. The van der Waals surface area contributed by atoms with E-state index in [9.17, 15) is 9.59 Å². The van der Waals surface area contributed by atoms with Gasteiger partial charge in [0.25, 0.3) is 5.91 Å². The van der Waals surface area contributed by atoms with Gasteiger partial charge in [-0.2, -0.15) is 0 Å². The molecular formula is C15H18ClNO3. The number of methoxy groups -OCH3 is 1. The minimum atomic E-state index is -0.486. The number of carbonyl (C=O) groups is 2. The predicted molar refractivity (Wildman–Crippen MR) is 76.9 cm³/mol. The first-order valence-corrected chi connectivity index (χ1v) is 7.06. The van der Waals surface area contributed by atoms with E-state index in [4.69, 9.17) is 16.3 Å². The lowest BCUT2D eigenvalue weighted by Gasteiger charge is -2.33. The van der Waals surface area contributed by atoms with Crippen LogP contribution in [-0.2, 0) is 9.53 Å². The topological polar surface area (TPSA) is 46.6 Å². The molecule has 0 aromatic heterocycles. The largest absolute Gasteiger partial charge is 0.467 e. The standard InChI is InChI=1S/C15H18ClNO3/c1-10-7-11(9-12(16)8-10)14(18)17-6-4-3-5-13(17)15(19)20-2/h7-9,13H,3-6H2,1-2H3/t13-/m1/s1. The summed E-state index contributed by atoms with van der Waals surface area (Å²) in [6.45, 7) is 2.46. The van der Waals surface area contributed by atoms with Crippen molar-refractivity contribution < 1.29 is 14.3 Å². The molecule has 2 rings (SSSR count). The van der Waals surface area contributed by atoms with Gasteiger partial charge in [0.2, 0.25) is 0 Å². The molecule has 0 radical (unpaired) electrons. The number of piperidine rings is 1. The number of hydrogen-bond donors (Lipinski definition) is 0. The van der Waals surface area contributed by atoms with Crippen molar-refractivity contribution in [1.82, 2.24) is 4.90 Å². The van der Waals surface area contributed by atoms with Crippen molar-refractivity contribution in [2.45, 2.75) is 32.2 Å². The molecule has 5 heteroatoms. The van der Waals surface area contributed by atoms with Gasteiger partial charge >= 0.3 is 5.97 Å². The van der Waals surface area contributed by atoms with Crippen LogP contribution in [0, 0.1) is 6.92 Å². The molecule has 20 heavy (non-hydrogen) atoms. The van der Waals surface area contributed by atoms with E-state index in [1.54, 1.807) is 23.1 Å². The maximum Gasteiger partial charge on any atom is 0.328 e. The smallest absolute Gasteiger partial charge is 0.328 e. The molecule has 1 aliphatic rings. The van der Waals surface area contributed by atoms with Crippen molar-refractivity contribution in [1.29, 1.82) is 0 Å². The third kappa shape index (κ3) is 3.12. The lowest BCUT2D eigenvalue weighted by atomic mass is 10.0. The average molecular weight is 296 g/mol. The zero-order chi connectivity index (χ0) is 14.7. The fourth-order valence-electron chi connectivity index (χ4n) is 2.58. The lowest BCUT2D eigenvalue weighted by molar-refractivity contribution is -0.147. The molecule has 1 fully saturated rings. The minimum Gasteiger partial charge on any atom is -0.467 e. The molecule has 0 unspecified atom stereocenters. The fourth-order valence-corrected chi connectivity index (χ4v) is 2.87. The highest BCUT2D eigenvalue weighted by molar-refractivity contribution is 6.31. The Kier molecular flexibility index (Phi) is 4.65. The summed E-state index contributed by atoms with van der Waals surface area (Å²) in [7, 11) is 1.35. The summed E-state index contributed by atoms with van der Waals surface area (Å²) in [6, 6.07) is 4.74. The van der Waals surface area contributed by atoms with Gasteiger partial charge in [0, 0.05) is 17.1 Å². The summed E-state index contributed by atoms with van der Waals surface area (Å²) in [5, 5.41) is 0.528. The van der Waals surface area contributed by atoms with Gasteiger partial charge in [-0.3, -0.25) is 4.79 Å². The van der Waals surface area contributed by atoms with Crippen LogP contribution in [-0.4, -0.2) is 36.5 Å². The number of esters is 1. The van der Waals surface area contributed by atoms with E-state index in [0.717, 1.165) is 18.4 Å². The molecule has 1 atom stereocenters. The van der Waals surface area contributed by atoms with Crippen LogP contribution in [0.5, 0.6) is 0 Å². The van der Waals surface area contributed by atoms with E-state index < -0.39 is 6.04 Å². The van der Waals surface area contributed by atoms with Gasteiger partial charge in [0.15, 0.2) is 0 Å². The Hall–Kier alpha value is -1.55. The van der Waals surface area contributed by atoms with E-state index in [2.05, 4.69) is 0 Å². The number of benzene rings is 1. The second-order valence-corrected chi connectivity index (χ2v) is 5.49. The average Bonchev–Trinajstić information content (AvgIpc) is 2.44. The van der Waals surface area contributed by atoms with Crippen LogP contribution in [0.3, 0.4) is 0 Å². The molecule has 1 aliphatic heterocycles. The number of likely N-dealkylation sites (tertiary alicyclic amines) is 1. The first-order valence-electron chi connectivity index (χ1n) is 6.69. The molecule has 0 spiro atoms. The Morgan fingerprint density at radius 1 is 1.30 bits per heavy atom. The highest BCUT2D eigenvalue weighted by Gasteiger charge is 2.33. The maximum atomic E-state index is 12.6. The number of rotatable bonds is 2. The van der Waals surface area contributed by atoms with Crippen molar-refractivity contribution in [2.24, 2.45) is 0 Å². The molecule has 1 saturated heterocycles. The van der Waals surface area contributed by atoms with E-state index in [-0.39, 0.29) is 11.9 Å². The maximum absolute atomic E-state index is 12.6. The first kappa shape index (κ1) is 14.9. The number of amides is 1. The van der Waals surface area contributed by atoms with Crippen LogP contribution in [0.1, 0.15) is 35.2 Å². The molecule has 0 bridgehead atoms. The minimum absolute atomic E-state index is 0.161. The second kappa shape index (κ2) is 6.27. The Labute approximate surface area is 123 Å². The number of ether oxygens (including phenoxy) is 1. The molecule has 0 N–H and O–H groups in total. The first-order chi connectivity index (χ1) is 9.52. The van der Waals surface area contributed by atoms with Gasteiger partial charge in [-0.25, -0.2) is 4.79 Å². The molecule has 0 aliphatic carbocycles. The van der Waals surface area contributed by atoms with E-state index in [0.29, 0.717) is 23.6 Å². The zero-order valence-electron chi connectivity index (χ0n) is 11.7. The number of carbonyl (C=O) groups excluding carboxylic acids is 2. The second-order valence-electron chi connectivity index (χ2n) is 5.05. The van der Waals surface area contributed by atoms with Crippen LogP contribution < -0.4 is 0 Å². The van der Waals surface area contributed by atoms with E-state index in [1.165, 1.54) is 7.11 Å². The van der Waals surface area contributed by atoms with Gasteiger partial charge < -0.3 is 9.64 Å². The molecule has 1 amide bonds. The normalized spacial score (nSPS) is 18.8. The third-order valence-corrected chi connectivity index (χ3v) is 3.74. The third-order valence-electron chi connectivity index (χ3n) is 3.53. The molecule has 1 heterocycles. The van der Waals surface area contributed by atoms with Crippen LogP contribution in [0.25, 0.3) is 0 Å². The van der Waals surface area contributed by atoms with Crippen molar-refractivity contribution in [2.75, 3.05) is 13.7 Å². The monoisotopic (exact) mass is 295 g/mol. The molecule has 1 aromatic carbocycles. The fraction of sp³-hybridized carbons (Fsp3) is 0.467. The highest BCUT2D eigenvalue weighted by atomic mass is 35.5. The summed E-state index contributed by atoms with van der Waals surface area (Å²) in [5.74, 6) is -0.512. The van der Waals surface area contributed by atoms with E-state index in [1.807, 2.05) is 6.92 Å². The van der Waals surface area contributed by atoms with Crippen molar-refractivity contribution in [3.05, 3.63) is 34.3 Å². The van der Waals surface area contributed by atoms with Crippen LogP contribution >= 0.6 is 11.6 Å². The van der Waals surface area contributed by atoms with Crippen LogP contribution in [0.15, 0.2) is 18.2 Å². The Morgan fingerprint density at radius 2 is 2.05 bits per heavy atom. The van der Waals surface area contributed by atoms with Crippen molar-refractivity contribution in [3.63, 3.8) is 0 Å². The molecule has 4 nitrogen and oxygen atoms in total. The van der Waals surface area contributed by atoms with Crippen molar-refractivity contribution in [3.8, 4) is 0 Å². The number of halogens is 1. The summed E-state index contributed by atoms with van der Waals surface area (Å²) < 4.78 is 4.79. The van der Waals surface area contributed by atoms with Crippen LogP contribution in [0.4, 0.5) is 0 Å². The summed E-state index contributed by atoms with van der Waals surface area (Å²) in [4.78, 5) is 26.0. The Balaban J connectivity index is 2.27. The molecular weight excluding hydrogens is 278 g/mol. The quantitative estimate of drug-likeness (QED) is 0.788. The van der Waals surface area contributed by atoms with Crippen molar-refractivity contribution >= 4 is 23.5 Å². The molecule has 1 aromatic rings. The highest BCUT2D eigenvalue weighted by Crippen LogP contribution is 2.22. The Bertz CT molecular complexity index is 510. The van der Waals surface area contributed by atoms with Gasteiger partial charge in [-0.1, -0.05) is 11.6 Å². The predicted octanol–water partition coefficient (Wildman–Crippen LogP) is 2.82. The summed E-state index contributed by atoms with van der Waals surface area (Å²) in [5.41, 5.74) is 1.44. The number of nitrogens with zero attached hydrogens (tertiary/aromatic N) is 1.